The van der Waals surface area contributed by atoms with Crippen LogP contribution >= 0.6 is 0 Å². The number of carbonyl (C=O) groups is 2. The molecule has 1 aliphatic rings. The van der Waals surface area contributed by atoms with Crippen LogP contribution in [0.5, 0.6) is 0 Å². The second-order valence-electron chi connectivity index (χ2n) is 7.88. The van der Waals surface area contributed by atoms with Crippen LogP contribution in [0.15, 0.2) is 59.5 Å². The summed E-state index contributed by atoms with van der Waals surface area (Å²) in [5.74, 6) is -1.08. The molecule has 1 aliphatic heterocycles. The first-order valence-corrected chi connectivity index (χ1v) is 11.8. The van der Waals surface area contributed by atoms with Crippen molar-refractivity contribution in [2.75, 3.05) is 24.4 Å². The monoisotopic (exact) mass is 460 g/mol. The molecule has 0 radical (unpaired) electrons. The lowest BCUT2D eigenvalue weighted by molar-refractivity contribution is -0.151. The van der Waals surface area contributed by atoms with Gasteiger partial charge in [0.2, 0.25) is 0 Å². The molecule has 32 heavy (non-hydrogen) atoms. The van der Waals surface area contributed by atoms with Crippen molar-refractivity contribution in [3.8, 4) is 0 Å². The highest BCUT2D eigenvalue weighted by molar-refractivity contribution is 7.92. The summed E-state index contributed by atoms with van der Waals surface area (Å²) in [5, 5.41) is 0. The zero-order chi connectivity index (χ0) is 23.5. The number of amides is 1. The van der Waals surface area contributed by atoms with Gasteiger partial charge in [0.25, 0.3) is 15.9 Å². The molecule has 9 heteroatoms. The molecule has 1 heterocycles. The number of carbonyl (C=O) groups excluding carboxylic acids is 2. The first kappa shape index (κ1) is 23.7. The number of hydrogen-bond donors (Lipinski definition) is 0. The first-order chi connectivity index (χ1) is 15.1. The first-order valence-electron chi connectivity index (χ1n) is 10.4. The summed E-state index contributed by atoms with van der Waals surface area (Å²) >= 11 is 0. The molecule has 172 valence electrons. The molecule has 3 unspecified atom stereocenters. The third kappa shape index (κ3) is 5.28. The molecule has 8 nitrogen and oxygen atoms in total. The van der Waals surface area contributed by atoms with Gasteiger partial charge >= 0.3 is 5.97 Å². The molecule has 0 N–H and O–H groups in total. The van der Waals surface area contributed by atoms with E-state index in [0.29, 0.717) is 18.8 Å². The van der Waals surface area contributed by atoms with Gasteiger partial charge in [-0.3, -0.25) is 9.10 Å². The quantitative estimate of drug-likeness (QED) is 0.616. The molecular weight excluding hydrogens is 432 g/mol. The van der Waals surface area contributed by atoms with Crippen LogP contribution in [0.25, 0.3) is 0 Å². The normalized spacial score (nSPS) is 19.8. The number of nitrogens with zero attached hydrogens (tertiary/aromatic N) is 2. The van der Waals surface area contributed by atoms with Crippen molar-refractivity contribution in [3.05, 3.63) is 60.2 Å². The van der Waals surface area contributed by atoms with E-state index in [2.05, 4.69) is 0 Å². The molecule has 2 aromatic rings. The Morgan fingerprint density at radius 3 is 2.31 bits per heavy atom. The minimum atomic E-state index is -3.89. The predicted molar refractivity (Wildman–Crippen MR) is 120 cm³/mol. The molecular formula is C23H28N2O6S. The average Bonchev–Trinajstić information content (AvgIpc) is 2.78. The Bertz CT molecular complexity index is 1060. The molecule has 0 spiro atoms. The van der Waals surface area contributed by atoms with Crippen molar-refractivity contribution in [3.63, 3.8) is 0 Å². The minimum Gasteiger partial charge on any atom is -0.449 e. The van der Waals surface area contributed by atoms with Gasteiger partial charge in [0.15, 0.2) is 6.10 Å². The van der Waals surface area contributed by atoms with E-state index in [1.54, 1.807) is 35.2 Å². The number of sulfonamides is 1. The van der Waals surface area contributed by atoms with Crippen LogP contribution in [0.1, 0.15) is 31.1 Å². The Balaban J connectivity index is 1.73. The van der Waals surface area contributed by atoms with Gasteiger partial charge in [-0.2, -0.15) is 0 Å². The van der Waals surface area contributed by atoms with Crippen molar-refractivity contribution in [2.24, 2.45) is 0 Å². The van der Waals surface area contributed by atoms with Crippen molar-refractivity contribution >= 4 is 27.6 Å². The highest BCUT2D eigenvalue weighted by Crippen LogP contribution is 2.23. The average molecular weight is 461 g/mol. The Labute approximate surface area is 188 Å². The fourth-order valence-electron chi connectivity index (χ4n) is 3.61. The number of benzene rings is 2. The van der Waals surface area contributed by atoms with Gasteiger partial charge in [0, 0.05) is 20.1 Å². The summed E-state index contributed by atoms with van der Waals surface area (Å²) in [5.41, 5.74) is 0.546. The topological polar surface area (TPSA) is 93.2 Å². The van der Waals surface area contributed by atoms with Crippen molar-refractivity contribution < 1.29 is 27.5 Å². The standard InChI is InChI=1S/C23H28N2O6S/c1-16-14-25(15-17(2)30-16)22(26)18(3)31-23(27)19-9-8-12-21(13-19)32(28,29)24(4)20-10-6-5-7-11-20/h5-13,16-18H,14-15H2,1-4H3. The lowest BCUT2D eigenvalue weighted by atomic mass is 10.2. The molecule has 0 aromatic heterocycles. The second kappa shape index (κ2) is 9.70. The predicted octanol–water partition coefficient (Wildman–Crippen LogP) is 2.69. The van der Waals surface area contributed by atoms with E-state index in [1.807, 2.05) is 13.8 Å². The van der Waals surface area contributed by atoms with Crippen LogP contribution in [0.2, 0.25) is 0 Å². The molecule has 3 atom stereocenters. The molecule has 1 saturated heterocycles. The van der Waals surface area contributed by atoms with Gasteiger partial charge in [-0.1, -0.05) is 24.3 Å². The van der Waals surface area contributed by atoms with E-state index in [1.165, 1.54) is 38.2 Å². The Morgan fingerprint density at radius 1 is 1.06 bits per heavy atom. The maximum Gasteiger partial charge on any atom is 0.338 e. The van der Waals surface area contributed by atoms with Crippen molar-refractivity contribution in [2.45, 2.75) is 44.0 Å². The van der Waals surface area contributed by atoms with E-state index in [0.717, 1.165) is 4.31 Å². The SMILES string of the molecule is CC1CN(C(=O)C(C)OC(=O)c2cccc(S(=O)(=O)N(C)c3ccccc3)c2)CC(C)O1. The molecule has 0 saturated carbocycles. The highest BCUT2D eigenvalue weighted by Gasteiger charge is 2.31. The number of anilines is 1. The van der Waals surface area contributed by atoms with Crippen LogP contribution < -0.4 is 4.31 Å². The van der Waals surface area contributed by atoms with Crippen LogP contribution in [-0.2, 0) is 24.3 Å². The number of ether oxygens (including phenoxy) is 2. The maximum absolute atomic E-state index is 13.0. The van der Waals surface area contributed by atoms with Crippen LogP contribution in [0.4, 0.5) is 5.69 Å². The third-order valence-corrected chi connectivity index (χ3v) is 6.99. The minimum absolute atomic E-state index is 0.0480. The fourth-order valence-corrected chi connectivity index (χ4v) is 4.85. The second-order valence-corrected chi connectivity index (χ2v) is 9.85. The lowest BCUT2D eigenvalue weighted by Gasteiger charge is -2.36. The van der Waals surface area contributed by atoms with Crippen LogP contribution in [-0.4, -0.2) is 63.6 Å². The Kier molecular flexibility index (Phi) is 7.20. The summed E-state index contributed by atoms with van der Waals surface area (Å²) in [6, 6.07) is 14.2. The smallest absolute Gasteiger partial charge is 0.338 e. The van der Waals surface area contributed by atoms with Gasteiger partial charge in [-0.05, 0) is 51.1 Å². The number of para-hydroxylation sites is 1. The number of hydrogen-bond acceptors (Lipinski definition) is 6. The van der Waals surface area contributed by atoms with Gasteiger partial charge in [0.1, 0.15) is 0 Å². The van der Waals surface area contributed by atoms with Gasteiger partial charge < -0.3 is 14.4 Å². The molecule has 3 rings (SSSR count). The van der Waals surface area contributed by atoms with E-state index in [9.17, 15) is 18.0 Å². The lowest BCUT2D eigenvalue weighted by Crippen LogP contribution is -2.51. The van der Waals surface area contributed by atoms with Crippen molar-refractivity contribution in [1.82, 2.24) is 4.90 Å². The van der Waals surface area contributed by atoms with E-state index >= 15 is 0 Å². The van der Waals surface area contributed by atoms with E-state index in [-0.39, 0.29) is 28.6 Å². The molecule has 0 aliphatic carbocycles. The van der Waals surface area contributed by atoms with Crippen molar-refractivity contribution in [1.29, 1.82) is 0 Å². The number of rotatable bonds is 6. The van der Waals surface area contributed by atoms with Gasteiger partial charge in [0.05, 0.1) is 28.4 Å². The summed E-state index contributed by atoms with van der Waals surface area (Å²) in [4.78, 5) is 27.0. The summed E-state index contributed by atoms with van der Waals surface area (Å²) < 4.78 is 38.1. The summed E-state index contributed by atoms with van der Waals surface area (Å²) in [7, 11) is -2.44. The summed E-state index contributed by atoms with van der Waals surface area (Å²) in [6.45, 7) is 6.11. The zero-order valence-electron chi connectivity index (χ0n) is 18.6. The van der Waals surface area contributed by atoms with Gasteiger partial charge in [-0.15, -0.1) is 0 Å². The Morgan fingerprint density at radius 2 is 1.69 bits per heavy atom. The highest BCUT2D eigenvalue weighted by atomic mass is 32.2. The maximum atomic E-state index is 13.0. The molecule has 2 aromatic carbocycles. The molecule has 1 amide bonds. The number of morpholine rings is 1. The largest absolute Gasteiger partial charge is 0.449 e. The van der Waals surface area contributed by atoms with Gasteiger partial charge in [-0.25, -0.2) is 13.2 Å². The Hall–Kier alpha value is -2.91. The van der Waals surface area contributed by atoms with Crippen LogP contribution in [0, 0.1) is 0 Å². The summed E-state index contributed by atoms with van der Waals surface area (Å²) in [6.07, 6.45) is -1.21. The van der Waals surface area contributed by atoms with E-state index in [4.69, 9.17) is 9.47 Å². The van der Waals surface area contributed by atoms with Crippen LogP contribution in [0.3, 0.4) is 0 Å². The number of esters is 1. The fraction of sp³-hybridized carbons (Fsp3) is 0.391. The molecule has 1 fully saturated rings. The van der Waals surface area contributed by atoms with E-state index < -0.39 is 22.1 Å². The molecule has 0 bridgehead atoms. The third-order valence-electron chi connectivity index (χ3n) is 5.21. The zero-order valence-corrected chi connectivity index (χ0v) is 19.4.